The summed E-state index contributed by atoms with van der Waals surface area (Å²) in [5.74, 6) is 0.218. The van der Waals surface area contributed by atoms with Crippen molar-refractivity contribution in [1.29, 1.82) is 0 Å². The topological polar surface area (TPSA) is 68.5 Å². The Hall–Kier alpha value is -3.12. The molecule has 7 heteroatoms. The number of carbonyl (C=O) groups is 1. The van der Waals surface area contributed by atoms with Crippen molar-refractivity contribution in [1.82, 2.24) is 15.2 Å². The number of hydrogen-bond acceptors (Lipinski definition) is 4. The molecule has 2 aromatic carbocycles. The van der Waals surface area contributed by atoms with Crippen molar-refractivity contribution in [3.63, 3.8) is 0 Å². The largest absolute Gasteiger partial charge is 0.484 e. The van der Waals surface area contributed by atoms with E-state index in [4.69, 9.17) is 16.3 Å². The summed E-state index contributed by atoms with van der Waals surface area (Å²) in [4.78, 5) is 11.9. The van der Waals surface area contributed by atoms with Crippen molar-refractivity contribution in [2.24, 2.45) is 5.10 Å². The van der Waals surface area contributed by atoms with Gasteiger partial charge in [0.15, 0.2) is 6.61 Å². The predicted molar refractivity (Wildman–Crippen MR) is 110 cm³/mol. The second-order valence-electron chi connectivity index (χ2n) is 6.26. The molecule has 1 amide bonds. The molecule has 0 aliphatic heterocycles. The van der Waals surface area contributed by atoms with Gasteiger partial charge in [0, 0.05) is 16.3 Å². The quantitative estimate of drug-likeness (QED) is 0.488. The van der Waals surface area contributed by atoms with Crippen molar-refractivity contribution in [2.45, 2.75) is 20.4 Å². The number of hydrazone groups is 1. The van der Waals surface area contributed by atoms with Crippen LogP contribution in [0.15, 0.2) is 59.7 Å². The average Bonchev–Trinajstić information content (AvgIpc) is 2.95. The van der Waals surface area contributed by atoms with E-state index >= 15 is 0 Å². The Bertz CT molecular complexity index is 966. The lowest BCUT2D eigenvalue weighted by molar-refractivity contribution is -0.123. The molecule has 0 aliphatic rings. The summed E-state index contributed by atoms with van der Waals surface area (Å²) in [5.41, 5.74) is 6.36. The molecule has 0 bridgehead atoms. The Kier molecular flexibility index (Phi) is 6.45. The van der Waals surface area contributed by atoms with Gasteiger partial charge in [-0.05, 0) is 43.7 Å². The van der Waals surface area contributed by atoms with E-state index in [0.29, 0.717) is 17.3 Å². The van der Waals surface area contributed by atoms with Gasteiger partial charge in [-0.2, -0.15) is 10.2 Å². The summed E-state index contributed by atoms with van der Waals surface area (Å²) in [6.07, 6.45) is 1.61. The number of rotatable bonds is 7. The van der Waals surface area contributed by atoms with E-state index in [9.17, 15) is 4.79 Å². The van der Waals surface area contributed by atoms with Crippen molar-refractivity contribution in [3.05, 3.63) is 82.1 Å². The number of nitrogens with zero attached hydrogens (tertiary/aromatic N) is 3. The molecule has 0 saturated carbocycles. The van der Waals surface area contributed by atoms with E-state index in [1.807, 2.05) is 36.7 Å². The third kappa shape index (κ3) is 5.20. The highest BCUT2D eigenvalue weighted by molar-refractivity contribution is 6.30. The Morgan fingerprint density at radius 2 is 1.89 bits per heavy atom. The molecule has 0 unspecified atom stereocenters. The van der Waals surface area contributed by atoms with Crippen LogP contribution in [0.25, 0.3) is 0 Å². The molecule has 1 N–H and O–H groups in total. The number of nitrogens with one attached hydrogen (secondary N) is 1. The lowest BCUT2D eigenvalue weighted by atomic mass is 10.2. The van der Waals surface area contributed by atoms with Gasteiger partial charge in [0.05, 0.1) is 18.5 Å². The maximum Gasteiger partial charge on any atom is 0.277 e. The Morgan fingerprint density at radius 1 is 1.18 bits per heavy atom. The first-order valence-electron chi connectivity index (χ1n) is 8.81. The summed E-state index contributed by atoms with van der Waals surface area (Å²) in [6, 6.07) is 16.9. The molecule has 0 radical (unpaired) electrons. The number of ether oxygens (including phenoxy) is 1. The average molecular weight is 397 g/mol. The maximum absolute atomic E-state index is 11.9. The molecule has 0 saturated heterocycles. The molecule has 6 nitrogen and oxygen atoms in total. The number of aromatic nitrogens is 2. The monoisotopic (exact) mass is 396 g/mol. The molecule has 0 atom stereocenters. The number of aryl methyl sites for hydroxylation is 1. The van der Waals surface area contributed by atoms with Crippen LogP contribution in [0.1, 0.15) is 22.5 Å². The standard InChI is InChI=1S/C21H21ClN4O2/c1-15-20(16(2)26(25-15)13-17-6-4-3-5-7-17)12-23-24-21(27)14-28-19-10-8-18(22)9-11-19/h3-12H,13-14H2,1-2H3,(H,24,27)/b23-12+. The minimum atomic E-state index is -0.349. The molecule has 0 spiro atoms. The van der Waals surface area contributed by atoms with Crippen LogP contribution in [0.2, 0.25) is 5.02 Å². The lowest BCUT2D eigenvalue weighted by Crippen LogP contribution is -2.24. The molecular weight excluding hydrogens is 376 g/mol. The van der Waals surface area contributed by atoms with Crippen molar-refractivity contribution < 1.29 is 9.53 Å². The summed E-state index contributed by atoms with van der Waals surface area (Å²) in [7, 11) is 0. The first-order chi connectivity index (χ1) is 13.5. The molecule has 144 valence electrons. The molecule has 1 heterocycles. The minimum Gasteiger partial charge on any atom is -0.484 e. The van der Waals surface area contributed by atoms with Crippen LogP contribution >= 0.6 is 11.6 Å². The first-order valence-corrected chi connectivity index (χ1v) is 9.19. The van der Waals surface area contributed by atoms with Gasteiger partial charge in [0.25, 0.3) is 5.91 Å². The maximum atomic E-state index is 11.9. The first kappa shape index (κ1) is 19.6. The summed E-state index contributed by atoms with van der Waals surface area (Å²) in [5, 5.41) is 9.21. The van der Waals surface area contributed by atoms with Crippen molar-refractivity contribution >= 4 is 23.7 Å². The van der Waals surface area contributed by atoms with E-state index in [0.717, 1.165) is 17.0 Å². The predicted octanol–water partition coefficient (Wildman–Crippen LogP) is 3.73. The summed E-state index contributed by atoms with van der Waals surface area (Å²) >= 11 is 5.81. The van der Waals surface area contributed by atoms with E-state index in [-0.39, 0.29) is 12.5 Å². The second-order valence-corrected chi connectivity index (χ2v) is 6.70. The SMILES string of the molecule is Cc1nn(Cc2ccccc2)c(C)c1/C=N/NC(=O)COc1ccc(Cl)cc1. The number of halogens is 1. The van der Waals surface area contributed by atoms with Gasteiger partial charge < -0.3 is 4.74 Å². The molecule has 0 fully saturated rings. The second kappa shape index (κ2) is 9.19. The molecule has 1 aromatic heterocycles. The van der Waals surface area contributed by atoms with Gasteiger partial charge in [-0.25, -0.2) is 5.43 Å². The Balaban J connectivity index is 1.56. The highest BCUT2D eigenvalue weighted by Gasteiger charge is 2.10. The van der Waals surface area contributed by atoms with Gasteiger partial charge in [0.2, 0.25) is 0 Å². The summed E-state index contributed by atoms with van der Waals surface area (Å²) in [6.45, 7) is 4.45. The van der Waals surface area contributed by atoms with Crippen LogP contribution in [-0.2, 0) is 11.3 Å². The zero-order valence-electron chi connectivity index (χ0n) is 15.7. The van der Waals surface area contributed by atoms with Crippen molar-refractivity contribution in [2.75, 3.05) is 6.61 Å². The highest BCUT2D eigenvalue weighted by atomic mass is 35.5. The van der Waals surface area contributed by atoms with Gasteiger partial charge in [-0.1, -0.05) is 41.9 Å². The number of amides is 1. The molecule has 3 aromatic rings. The fraction of sp³-hybridized carbons (Fsp3) is 0.190. The smallest absolute Gasteiger partial charge is 0.277 e. The van der Waals surface area contributed by atoms with Gasteiger partial charge >= 0.3 is 0 Å². The lowest BCUT2D eigenvalue weighted by Gasteiger charge is -2.05. The van der Waals surface area contributed by atoms with Crippen LogP contribution in [0.4, 0.5) is 0 Å². The Morgan fingerprint density at radius 3 is 2.61 bits per heavy atom. The third-order valence-electron chi connectivity index (χ3n) is 4.18. The zero-order valence-corrected chi connectivity index (χ0v) is 16.5. The minimum absolute atomic E-state index is 0.135. The van der Waals surface area contributed by atoms with Gasteiger partial charge in [0.1, 0.15) is 5.75 Å². The third-order valence-corrected chi connectivity index (χ3v) is 4.43. The summed E-state index contributed by atoms with van der Waals surface area (Å²) < 4.78 is 7.31. The van der Waals surface area contributed by atoms with Crippen molar-refractivity contribution in [3.8, 4) is 5.75 Å². The van der Waals surface area contributed by atoms with Crippen LogP contribution in [-0.4, -0.2) is 28.5 Å². The fourth-order valence-electron chi connectivity index (χ4n) is 2.69. The number of carbonyl (C=O) groups excluding carboxylic acids is 1. The normalized spacial score (nSPS) is 11.0. The van der Waals surface area contributed by atoms with E-state index in [2.05, 4.69) is 27.8 Å². The van der Waals surface area contributed by atoms with E-state index < -0.39 is 0 Å². The molecular formula is C21H21ClN4O2. The van der Waals surface area contributed by atoms with Crippen LogP contribution in [0.3, 0.4) is 0 Å². The molecule has 28 heavy (non-hydrogen) atoms. The van der Waals surface area contributed by atoms with Gasteiger partial charge in [-0.3, -0.25) is 9.48 Å². The highest BCUT2D eigenvalue weighted by Crippen LogP contribution is 2.15. The van der Waals surface area contributed by atoms with Gasteiger partial charge in [-0.15, -0.1) is 0 Å². The van der Waals surface area contributed by atoms with E-state index in [1.54, 1.807) is 30.5 Å². The number of hydrogen-bond donors (Lipinski definition) is 1. The Labute approximate surface area is 168 Å². The van der Waals surface area contributed by atoms with E-state index in [1.165, 1.54) is 5.56 Å². The zero-order chi connectivity index (χ0) is 19.9. The van der Waals surface area contributed by atoms with Crippen LogP contribution in [0, 0.1) is 13.8 Å². The fourth-order valence-corrected chi connectivity index (χ4v) is 2.81. The van der Waals surface area contributed by atoms with Crippen LogP contribution in [0.5, 0.6) is 5.75 Å². The molecule has 0 aliphatic carbocycles. The number of benzene rings is 2. The molecule has 3 rings (SSSR count). The van der Waals surface area contributed by atoms with Crippen LogP contribution < -0.4 is 10.2 Å².